The molecule has 2 N–H and O–H groups in total. The monoisotopic (exact) mass is 286 g/mol. The zero-order valence-corrected chi connectivity index (χ0v) is 11.9. The molecule has 0 bridgehead atoms. The number of H-pyrrole nitrogens is 1. The summed E-state index contributed by atoms with van der Waals surface area (Å²) in [5, 5.41) is 10.2. The second-order valence-electron chi connectivity index (χ2n) is 5.70. The number of carboxylic acids is 1. The van der Waals surface area contributed by atoms with Gasteiger partial charge < -0.3 is 15.0 Å². The molecule has 2 atom stereocenters. The van der Waals surface area contributed by atoms with Gasteiger partial charge in [0, 0.05) is 35.2 Å². The molecule has 0 spiro atoms. The minimum atomic E-state index is -0.819. The number of carbonyl (C=O) groups excluding carboxylic acids is 1. The Hall–Kier alpha value is -2.30. The first-order valence-electron chi connectivity index (χ1n) is 7.17. The van der Waals surface area contributed by atoms with Crippen molar-refractivity contribution < 1.29 is 14.7 Å². The summed E-state index contributed by atoms with van der Waals surface area (Å²) in [5.74, 6) is -1.36. The predicted molar refractivity (Wildman–Crippen MR) is 79.2 cm³/mol. The van der Waals surface area contributed by atoms with Crippen LogP contribution in [0.3, 0.4) is 0 Å². The van der Waals surface area contributed by atoms with Crippen LogP contribution in [0, 0.1) is 5.92 Å². The summed E-state index contributed by atoms with van der Waals surface area (Å²) in [6.07, 6.45) is 3.20. The third-order valence-electron chi connectivity index (χ3n) is 4.29. The highest BCUT2D eigenvalue weighted by Gasteiger charge is 2.32. The molecule has 1 aromatic heterocycles. The lowest BCUT2D eigenvalue weighted by molar-refractivity contribution is -0.143. The molecular formula is C16H18N2O3. The number of aromatic nitrogens is 1. The van der Waals surface area contributed by atoms with Crippen molar-refractivity contribution in [3.63, 3.8) is 0 Å². The van der Waals surface area contributed by atoms with Crippen LogP contribution < -0.4 is 0 Å². The maximum absolute atomic E-state index is 12.7. The van der Waals surface area contributed by atoms with Gasteiger partial charge in [-0.1, -0.05) is 0 Å². The molecule has 2 aromatic rings. The first kappa shape index (κ1) is 13.7. The molecular weight excluding hydrogens is 268 g/mol. The Balaban J connectivity index is 1.86. The number of rotatable bonds is 2. The lowest BCUT2D eigenvalue weighted by atomic mass is 9.93. The van der Waals surface area contributed by atoms with E-state index in [2.05, 4.69) is 4.98 Å². The summed E-state index contributed by atoms with van der Waals surface area (Å²) in [5.41, 5.74) is 1.60. The smallest absolute Gasteiger partial charge is 0.308 e. The summed E-state index contributed by atoms with van der Waals surface area (Å²) in [7, 11) is 0. The van der Waals surface area contributed by atoms with Crippen molar-refractivity contribution in [2.75, 3.05) is 6.54 Å². The standard InChI is InChI=1S/C16H18N2O3/c1-10-2-3-13(16(20)21)9-18(10)15(19)12-4-5-14-11(8-12)6-7-17-14/h4-8,10,13,17H,2-3,9H2,1H3,(H,20,21). The van der Waals surface area contributed by atoms with Gasteiger partial charge in [0.1, 0.15) is 0 Å². The normalized spacial score (nSPS) is 22.4. The Bertz CT molecular complexity index is 692. The molecule has 1 aromatic carbocycles. The number of nitrogens with zero attached hydrogens (tertiary/aromatic N) is 1. The van der Waals surface area contributed by atoms with Crippen molar-refractivity contribution in [3.8, 4) is 0 Å². The Morgan fingerprint density at radius 1 is 1.29 bits per heavy atom. The number of carbonyl (C=O) groups is 2. The van der Waals surface area contributed by atoms with Gasteiger partial charge in [0.05, 0.1) is 5.92 Å². The maximum atomic E-state index is 12.7. The Morgan fingerprint density at radius 2 is 2.10 bits per heavy atom. The number of hydrogen-bond acceptors (Lipinski definition) is 2. The quantitative estimate of drug-likeness (QED) is 0.890. The number of hydrogen-bond donors (Lipinski definition) is 2. The second-order valence-corrected chi connectivity index (χ2v) is 5.70. The van der Waals surface area contributed by atoms with Crippen LogP contribution in [0.1, 0.15) is 30.1 Å². The van der Waals surface area contributed by atoms with E-state index in [1.54, 1.807) is 11.0 Å². The van der Waals surface area contributed by atoms with E-state index in [9.17, 15) is 9.59 Å². The molecule has 2 unspecified atom stereocenters. The summed E-state index contributed by atoms with van der Waals surface area (Å²) >= 11 is 0. The zero-order valence-electron chi connectivity index (χ0n) is 11.9. The van der Waals surface area contributed by atoms with Gasteiger partial charge in [-0.2, -0.15) is 0 Å². The number of aliphatic carboxylic acids is 1. The SMILES string of the molecule is CC1CCC(C(=O)O)CN1C(=O)c1ccc2[nH]ccc2c1. The second kappa shape index (κ2) is 5.24. The van der Waals surface area contributed by atoms with Crippen molar-refractivity contribution in [2.24, 2.45) is 5.92 Å². The van der Waals surface area contributed by atoms with E-state index in [1.165, 1.54) is 0 Å². The van der Waals surface area contributed by atoms with E-state index >= 15 is 0 Å². The van der Waals surface area contributed by atoms with Crippen molar-refractivity contribution in [3.05, 3.63) is 36.0 Å². The van der Waals surface area contributed by atoms with E-state index in [1.807, 2.05) is 31.3 Å². The van der Waals surface area contributed by atoms with Crippen molar-refractivity contribution >= 4 is 22.8 Å². The van der Waals surface area contributed by atoms with Gasteiger partial charge >= 0.3 is 5.97 Å². The molecule has 1 saturated heterocycles. The van der Waals surface area contributed by atoms with Crippen LogP contribution in [0.15, 0.2) is 30.5 Å². The molecule has 1 fully saturated rings. The van der Waals surface area contributed by atoms with Gasteiger partial charge in [-0.15, -0.1) is 0 Å². The third-order valence-corrected chi connectivity index (χ3v) is 4.29. The summed E-state index contributed by atoms with van der Waals surface area (Å²) < 4.78 is 0. The lowest BCUT2D eigenvalue weighted by Crippen LogP contribution is -2.47. The van der Waals surface area contributed by atoms with Gasteiger partial charge in [0.2, 0.25) is 0 Å². The zero-order chi connectivity index (χ0) is 15.0. The number of aromatic amines is 1. The molecule has 3 rings (SSSR count). The van der Waals surface area contributed by atoms with Crippen LogP contribution in [-0.4, -0.2) is 39.5 Å². The number of carboxylic acid groups (broad SMARTS) is 1. The number of likely N-dealkylation sites (tertiary alicyclic amines) is 1. The Morgan fingerprint density at radius 3 is 2.86 bits per heavy atom. The molecule has 0 saturated carbocycles. The molecule has 1 amide bonds. The van der Waals surface area contributed by atoms with E-state index in [0.717, 1.165) is 17.3 Å². The molecule has 21 heavy (non-hydrogen) atoms. The van der Waals surface area contributed by atoms with Gasteiger partial charge in [-0.25, -0.2) is 0 Å². The van der Waals surface area contributed by atoms with Crippen LogP contribution in [0.2, 0.25) is 0 Å². The molecule has 0 radical (unpaired) electrons. The minimum absolute atomic E-state index is 0.0787. The number of piperidine rings is 1. The largest absolute Gasteiger partial charge is 0.481 e. The van der Waals surface area contributed by atoms with Crippen LogP contribution in [0.5, 0.6) is 0 Å². The van der Waals surface area contributed by atoms with Gasteiger partial charge in [0.25, 0.3) is 5.91 Å². The van der Waals surface area contributed by atoms with E-state index in [0.29, 0.717) is 18.5 Å². The van der Waals surface area contributed by atoms with E-state index in [-0.39, 0.29) is 11.9 Å². The van der Waals surface area contributed by atoms with Gasteiger partial charge in [-0.05, 0) is 44.0 Å². The number of nitrogens with one attached hydrogen (secondary N) is 1. The van der Waals surface area contributed by atoms with Crippen molar-refractivity contribution in [2.45, 2.75) is 25.8 Å². The van der Waals surface area contributed by atoms with Crippen molar-refractivity contribution in [1.29, 1.82) is 0 Å². The summed E-state index contributed by atoms with van der Waals surface area (Å²) in [6, 6.07) is 7.52. The van der Waals surface area contributed by atoms with Crippen LogP contribution in [0.25, 0.3) is 10.9 Å². The maximum Gasteiger partial charge on any atom is 0.308 e. The molecule has 2 heterocycles. The molecule has 110 valence electrons. The third kappa shape index (κ3) is 2.51. The first-order chi connectivity index (χ1) is 10.1. The topological polar surface area (TPSA) is 73.4 Å². The van der Waals surface area contributed by atoms with Crippen LogP contribution in [0.4, 0.5) is 0 Å². The Kier molecular flexibility index (Phi) is 3.41. The molecule has 0 aliphatic carbocycles. The van der Waals surface area contributed by atoms with Crippen LogP contribution in [-0.2, 0) is 4.79 Å². The first-order valence-corrected chi connectivity index (χ1v) is 7.17. The molecule has 1 aliphatic heterocycles. The molecule has 5 nitrogen and oxygen atoms in total. The highest BCUT2D eigenvalue weighted by molar-refractivity contribution is 5.98. The average molecular weight is 286 g/mol. The van der Waals surface area contributed by atoms with Crippen molar-refractivity contribution in [1.82, 2.24) is 9.88 Å². The number of fused-ring (bicyclic) bond motifs is 1. The Labute approximate surface area is 122 Å². The van der Waals surface area contributed by atoms with E-state index in [4.69, 9.17) is 5.11 Å². The fraction of sp³-hybridized carbons (Fsp3) is 0.375. The minimum Gasteiger partial charge on any atom is -0.481 e. The molecule has 5 heteroatoms. The summed E-state index contributed by atoms with van der Waals surface area (Å²) in [6.45, 7) is 2.27. The highest BCUT2D eigenvalue weighted by Crippen LogP contribution is 2.25. The predicted octanol–water partition coefficient (Wildman–Crippen LogP) is 2.49. The fourth-order valence-electron chi connectivity index (χ4n) is 2.94. The van der Waals surface area contributed by atoms with E-state index < -0.39 is 11.9 Å². The number of amides is 1. The van der Waals surface area contributed by atoms with Gasteiger partial charge in [0.15, 0.2) is 0 Å². The van der Waals surface area contributed by atoms with Crippen LogP contribution >= 0.6 is 0 Å². The highest BCUT2D eigenvalue weighted by atomic mass is 16.4. The van der Waals surface area contributed by atoms with Gasteiger partial charge in [-0.3, -0.25) is 9.59 Å². The summed E-state index contributed by atoms with van der Waals surface area (Å²) in [4.78, 5) is 28.6. The molecule has 1 aliphatic rings. The lowest BCUT2D eigenvalue weighted by Gasteiger charge is -2.36. The fourth-order valence-corrected chi connectivity index (χ4v) is 2.94. The number of benzene rings is 1. The average Bonchev–Trinajstić information content (AvgIpc) is 2.94.